The molecule has 0 saturated carbocycles. The molecule has 0 spiro atoms. The first-order chi connectivity index (χ1) is 10.6. The van der Waals surface area contributed by atoms with E-state index in [9.17, 15) is 9.59 Å². The van der Waals surface area contributed by atoms with Gasteiger partial charge in [-0.15, -0.1) is 11.3 Å². The molecule has 0 atom stereocenters. The van der Waals surface area contributed by atoms with E-state index < -0.39 is 0 Å². The first kappa shape index (κ1) is 14.3. The zero-order chi connectivity index (χ0) is 15.5. The summed E-state index contributed by atoms with van der Waals surface area (Å²) in [6.45, 7) is -0.0126. The number of rotatable bonds is 4. The highest BCUT2D eigenvalue weighted by Gasteiger charge is 2.16. The third kappa shape index (κ3) is 2.84. The summed E-state index contributed by atoms with van der Waals surface area (Å²) in [6, 6.07) is 9.09. The van der Waals surface area contributed by atoms with E-state index in [1.807, 2.05) is 23.6 Å². The van der Waals surface area contributed by atoms with Gasteiger partial charge in [0.15, 0.2) is 0 Å². The van der Waals surface area contributed by atoms with Crippen molar-refractivity contribution in [3.63, 3.8) is 0 Å². The van der Waals surface area contributed by atoms with Crippen molar-refractivity contribution in [2.45, 2.75) is 0 Å². The maximum atomic E-state index is 12.1. The molecule has 0 unspecified atom stereocenters. The summed E-state index contributed by atoms with van der Waals surface area (Å²) in [5.41, 5.74) is 1.42. The van der Waals surface area contributed by atoms with Crippen LogP contribution < -0.4 is 5.32 Å². The summed E-state index contributed by atoms with van der Waals surface area (Å²) >= 11 is 1.36. The zero-order valence-corrected chi connectivity index (χ0v) is 12.7. The van der Waals surface area contributed by atoms with Crippen LogP contribution in [0.15, 0.2) is 41.9 Å². The molecule has 3 aromatic rings. The molecule has 1 aromatic carbocycles. The van der Waals surface area contributed by atoms with Crippen LogP contribution in [0.4, 0.5) is 5.69 Å². The number of carbonyl (C=O) groups excluding carboxylic acids is 2. The highest BCUT2D eigenvalue weighted by molar-refractivity contribution is 7.12. The SMILES string of the molecule is CN(CC(=O)Nc1cccc2cn[nH]c12)C(=O)c1cccs1. The highest BCUT2D eigenvalue weighted by atomic mass is 32.1. The van der Waals surface area contributed by atoms with Gasteiger partial charge in [0.25, 0.3) is 5.91 Å². The lowest BCUT2D eigenvalue weighted by Gasteiger charge is -2.16. The normalized spacial score (nSPS) is 10.6. The summed E-state index contributed by atoms with van der Waals surface area (Å²) < 4.78 is 0. The van der Waals surface area contributed by atoms with Gasteiger partial charge >= 0.3 is 0 Å². The molecule has 3 rings (SSSR count). The number of benzene rings is 1. The Morgan fingerprint density at radius 2 is 2.18 bits per heavy atom. The molecule has 0 fully saturated rings. The van der Waals surface area contributed by atoms with Crippen molar-refractivity contribution >= 4 is 39.7 Å². The van der Waals surface area contributed by atoms with E-state index >= 15 is 0 Å². The van der Waals surface area contributed by atoms with E-state index in [0.29, 0.717) is 10.6 Å². The van der Waals surface area contributed by atoms with Crippen LogP contribution >= 0.6 is 11.3 Å². The van der Waals surface area contributed by atoms with Gasteiger partial charge in [0.1, 0.15) is 0 Å². The maximum Gasteiger partial charge on any atom is 0.264 e. The van der Waals surface area contributed by atoms with Crippen molar-refractivity contribution in [2.75, 3.05) is 18.9 Å². The van der Waals surface area contributed by atoms with Crippen molar-refractivity contribution in [1.82, 2.24) is 15.1 Å². The predicted molar refractivity (Wildman–Crippen MR) is 86.0 cm³/mol. The van der Waals surface area contributed by atoms with E-state index in [-0.39, 0.29) is 18.4 Å². The number of nitrogens with zero attached hydrogens (tertiary/aromatic N) is 2. The van der Waals surface area contributed by atoms with Gasteiger partial charge in [0.05, 0.1) is 28.8 Å². The molecule has 0 radical (unpaired) electrons. The number of carbonyl (C=O) groups is 2. The molecule has 0 aliphatic heterocycles. The van der Waals surface area contributed by atoms with Gasteiger partial charge in [-0.1, -0.05) is 18.2 Å². The second kappa shape index (κ2) is 5.98. The Balaban J connectivity index is 1.67. The number of hydrogen-bond acceptors (Lipinski definition) is 4. The number of aromatic amines is 1. The highest BCUT2D eigenvalue weighted by Crippen LogP contribution is 2.20. The van der Waals surface area contributed by atoms with Crippen LogP contribution in [-0.2, 0) is 4.79 Å². The number of H-pyrrole nitrogens is 1. The van der Waals surface area contributed by atoms with Gasteiger partial charge in [-0.3, -0.25) is 14.7 Å². The Hall–Kier alpha value is -2.67. The molecule has 0 saturated heterocycles. The van der Waals surface area contributed by atoms with E-state index in [1.165, 1.54) is 16.2 Å². The molecule has 0 aliphatic carbocycles. The molecule has 22 heavy (non-hydrogen) atoms. The Morgan fingerprint density at radius 1 is 1.32 bits per heavy atom. The van der Waals surface area contributed by atoms with Crippen molar-refractivity contribution in [3.8, 4) is 0 Å². The third-order valence-corrected chi connectivity index (χ3v) is 4.07. The molecular formula is C15H14N4O2S. The first-order valence-electron chi connectivity index (χ1n) is 6.66. The van der Waals surface area contributed by atoms with Gasteiger partial charge in [0.2, 0.25) is 5.91 Å². The summed E-state index contributed by atoms with van der Waals surface area (Å²) in [5.74, 6) is -0.417. The Labute approximate surface area is 130 Å². The Bertz CT molecular complexity index is 810. The van der Waals surface area contributed by atoms with Gasteiger partial charge in [-0.25, -0.2) is 0 Å². The van der Waals surface area contributed by atoms with Crippen molar-refractivity contribution in [2.24, 2.45) is 0 Å². The van der Waals surface area contributed by atoms with Crippen LogP contribution in [-0.4, -0.2) is 40.5 Å². The monoisotopic (exact) mass is 314 g/mol. The van der Waals surface area contributed by atoms with Gasteiger partial charge in [-0.05, 0) is 17.5 Å². The standard InChI is InChI=1S/C15H14N4O2S/c1-19(15(21)12-6-3-7-22-12)9-13(20)17-11-5-2-4-10-8-16-18-14(10)11/h2-8H,9H2,1H3,(H,16,18)(H,17,20). The molecule has 0 bridgehead atoms. The average Bonchev–Trinajstić information content (AvgIpc) is 3.18. The van der Waals surface area contributed by atoms with Crippen LogP contribution in [0, 0.1) is 0 Å². The number of nitrogens with one attached hydrogen (secondary N) is 2. The lowest BCUT2D eigenvalue weighted by Crippen LogP contribution is -2.34. The lowest BCUT2D eigenvalue weighted by molar-refractivity contribution is -0.116. The number of para-hydroxylation sites is 1. The zero-order valence-electron chi connectivity index (χ0n) is 11.9. The van der Waals surface area contributed by atoms with Crippen LogP contribution in [0.2, 0.25) is 0 Å². The molecule has 2 heterocycles. The Kier molecular flexibility index (Phi) is 3.88. The third-order valence-electron chi connectivity index (χ3n) is 3.21. The molecule has 2 N–H and O–H groups in total. The largest absolute Gasteiger partial charge is 0.332 e. The average molecular weight is 314 g/mol. The summed E-state index contributed by atoms with van der Waals surface area (Å²) in [4.78, 5) is 26.2. The summed E-state index contributed by atoms with van der Waals surface area (Å²) in [6.07, 6.45) is 1.69. The number of thiophene rings is 1. The minimum absolute atomic E-state index is 0.0126. The van der Waals surface area contributed by atoms with Gasteiger partial charge in [0, 0.05) is 12.4 Å². The van der Waals surface area contributed by atoms with Crippen LogP contribution in [0.1, 0.15) is 9.67 Å². The second-order valence-corrected chi connectivity index (χ2v) is 5.77. The van der Waals surface area contributed by atoms with E-state index in [0.717, 1.165) is 10.9 Å². The lowest BCUT2D eigenvalue weighted by atomic mass is 10.2. The number of anilines is 1. The Morgan fingerprint density at radius 3 is 2.95 bits per heavy atom. The molecule has 7 heteroatoms. The van der Waals surface area contributed by atoms with Crippen molar-refractivity contribution < 1.29 is 9.59 Å². The van der Waals surface area contributed by atoms with Crippen molar-refractivity contribution in [3.05, 3.63) is 46.8 Å². The van der Waals surface area contributed by atoms with Crippen LogP contribution in [0.3, 0.4) is 0 Å². The minimum atomic E-state index is -0.255. The van der Waals surface area contributed by atoms with Gasteiger partial charge in [-0.2, -0.15) is 5.10 Å². The summed E-state index contributed by atoms with van der Waals surface area (Å²) in [7, 11) is 1.61. The molecule has 2 amide bonds. The molecule has 112 valence electrons. The quantitative estimate of drug-likeness (QED) is 0.776. The van der Waals surface area contributed by atoms with E-state index in [2.05, 4.69) is 15.5 Å². The number of likely N-dealkylation sites (N-methyl/N-ethyl adjacent to an activating group) is 1. The number of fused-ring (bicyclic) bond motifs is 1. The second-order valence-electron chi connectivity index (χ2n) is 4.83. The number of aromatic nitrogens is 2. The molecule has 0 aliphatic rings. The van der Waals surface area contributed by atoms with E-state index in [4.69, 9.17) is 0 Å². The maximum absolute atomic E-state index is 12.1. The summed E-state index contributed by atoms with van der Waals surface area (Å²) in [5, 5.41) is 12.4. The molecular weight excluding hydrogens is 300 g/mol. The van der Waals surface area contributed by atoms with E-state index in [1.54, 1.807) is 25.4 Å². The molecule has 6 nitrogen and oxygen atoms in total. The van der Waals surface area contributed by atoms with Crippen LogP contribution in [0.25, 0.3) is 10.9 Å². The fraction of sp³-hybridized carbons (Fsp3) is 0.133. The number of hydrogen-bond donors (Lipinski definition) is 2. The number of amides is 2. The predicted octanol–water partition coefficient (Wildman–Crippen LogP) is 2.34. The van der Waals surface area contributed by atoms with Crippen molar-refractivity contribution in [1.29, 1.82) is 0 Å². The smallest absolute Gasteiger partial charge is 0.264 e. The first-order valence-corrected chi connectivity index (χ1v) is 7.54. The molecule has 2 aromatic heterocycles. The van der Waals surface area contributed by atoms with Gasteiger partial charge < -0.3 is 10.2 Å². The van der Waals surface area contributed by atoms with Crippen LogP contribution in [0.5, 0.6) is 0 Å². The fourth-order valence-corrected chi connectivity index (χ4v) is 2.86. The fourth-order valence-electron chi connectivity index (χ4n) is 2.14. The topological polar surface area (TPSA) is 78.1 Å². The minimum Gasteiger partial charge on any atom is -0.332 e.